The van der Waals surface area contributed by atoms with E-state index in [2.05, 4.69) is 11.4 Å². The lowest BCUT2D eigenvalue weighted by molar-refractivity contribution is 0.0928. The number of carbonyl (C=O) groups is 1. The summed E-state index contributed by atoms with van der Waals surface area (Å²) >= 11 is 0. The van der Waals surface area contributed by atoms with Gasteiger partial charge in [0.2, 0.25) is 0 Å². The summed E-state index contributed by atoms with van der Waals surface area (Å²) < 4.78 is 13.7. The Morgan fingerprint density at radius 2 is 2.05 bits per heavy atom. The molecule has 1 aliphatic rings. The van der Waals surface area contributed by atoms with Gasteiger partial charge < -0.3 is 10.4 Å². The highest BCUT2D eigenvalue weighted by Crippen LogP contribution is 2.29. The number of amides is 1. The Morgan fingerprint density at radius 1 is 1.24 bits per heavy atom. The molecule has 0 bridgehead atoms. The zero-order valence-electron chi connectivity index (χ0n) is 11.5. The van der Waals surface area contributed by atoms with E-state index in [1.54, 1.807) is 0 Å². The van der Waals surface area contributed by atoms with Gasteiger partial charge in [0.1, 0.15) is 11.6 Å². The fourth-order valence-corrected chi connectivity index (χ4v) is 2.83. The fraction of sp³-hybridized carbons (Fsp3) is 0.235. The molecule has 0 radical (unpaired) electrons. The highest BCUT2D eigenvalue weighted by molar-refractivity contribution is 5.94. The van der Waals surface area contributed by atoms with Gasteiger partial charge in [-0.25, -0.2) is 4.39 Å². The molecule has 21 heavy (non-hydrogen) atoms. The molecule has 108 valence electrons. The maximum atomic E-state index is 13.7. The van der Waals surface area contributed by atoms with Gasteiger partial charge in [0.15, 0.2) is 0 Å². The Hall–Kier alpha value is -2.36. The number of benzene rings is 2. The maximum Gasteiger partial charge on any atom is 0.254 e. The molecule has 0 saturated carbocycles. The zero-order chi connectivity index (χ0) is 14.8. The molecule has 3 nitrogen and oxygen atoms in total. The van der Waals surface area contributed by atoms with Crippen LogP contribution in [0.25, 0.3) is 0 Å². The lowest BCUT2D eigenvalue weighted by atomic mass is 9.87. The van der Waals surface area contributed by atoms with Crippen LogP contribution >= 0.6 is 0 Å². The molecule has 2 N–H and O–H groups in total. The molecule has 3 rings (SSSR count). The molecule has 1 aliphatic carbocycles. The third-order valence-corrected chi connectivity index (χ3v) is 3.87. The van der Waals surface area contributed by atoms with Gasteiger partial charge in [-0.1, -0.05) is 24.3 Å². The van der Waals surface area contributed by atoms with Crippen molar-refractivity contribution in [1.82, 2.24) is 5.32 Å². The number of hydrogen-bond acceptors (Lipinski definition) is 2. The maximum absolute atomic E-state index is 13.7. The number of carbonyl (C=O) groups excluding carboxylic acids is 1. The van der Waals surface area contributed by atoms with Gasteiger partial charge >= 0.3 is 0 Å². The smallest absolute Gasteiger partial charge is 0.254 e. The monoisotopic (exact) mass is 285 g/mol. The van der Waals surface area contributed by atoms with E-state index in [1.807, 2.05) is 18.2 Å². The van der Waals surface area contributed by atoms with Crippen LogP contribution in [0.2, 0.25) is 0 Å². The number of aryl methyl sites for hydroxylation is 1. The average molecular weight is 285 g/mol. The first-order valence-electron chi connectivity index (χ1n) is 7.02. The Kier molecular flexibility index (Phi) is 3.60. The summed E-state index contributed by atoms with van der Waals surface area (Å²) in [6, 6.07) is 11.5. The molecule has 0 saturated heterocycles. The number of hydrogen-bond donors (Lipinski definition) is 2. The van der Waals surface area contributed by atoms with Crippen molar-refractivity contribution in [3.05, 3.63) is 65.0 Å². The summed E-state index contributed by atoms with van der Waals surface area (Å²) in [7, 11) is 0. The van der Waals surface area contributed by atoms with Crippen LogP contribution in [0.1, 0.15) is 40.4 Å². The number of nitrogens with one attached hydrogen (secondary N) is 1. The molecular weight excluding hydrogens is 269 g/mol. The van der Waals surface area contributed by atoms with Gasteiger partial charge in [0, 0.05) is 6.07 Å². The summed E-state index contributed by atoms with van der Waals surface area (Å²) in [6.45, 7) is 0. The second-order valence-electron chi connectivity index (χ2n) is 5.28. The van der Waals surface area contributed by atoms with Crippen molar-refractivity contribution >= 4 is 5.91 Å². The number of phenolic OH excluding ortho intramolecular Hbond substituents is 1. The minimum Gasteiger partial charge on any atom is -0.508 e. The summed E-state index contributed by atoms with van der Waals surface area (Å²) in [5.74, 6) is -1.35. The largest absolute Gasteiger partial charge is 0.508 e. The lowest BCUT2D eigenvalue weighted by Gasteiger charge is -2.26. The summed E-state index contributed by atoms with van der Waals surface area (Å²) in [6.07, 6.45) is 2.86. The van der Waals surface area contributed by atoms with Crippen molar-refractivity contribution < 1.29 is 14.3 Å². The summed E-state index contributed by atoms with van der Waals surface area (Å²) in [4.78, 5) is 12.2. The Bertz CT molecular complexity index is 684. The molecule has 1 atom stereocenters. The van der Waals surface area contributed by atoms with Gasteiger partial charge in [0.05, 0.1) is 11.6 Å². The standard InChI is InChI=1S/C17H16FNO2/c18-15-10-12(20)8-9-14(15)17(21)19-16-7-3-5-11-4-1-2-6-13(11)16/h1-2,4,6,8-10,16,20H,3,5,7H2,(H,19,21). The SMILES string of the molecule is O=C(NC1CCCc2ccccc21)c1ccc(O)cc1F. The van der Waals surface area contributed by atoms with Crippen LogP contribution < -0.4 is 5.32 Å². The van der Waals surface area contributed by atoms with E-state index < -0.39 is 11.7 Å². The number of halogens is 1. The quantitative estimate of drug-likeness (QED) is 0.889. The van der Waals surface area contributed by atoms with Crippen LogP contribution in [0.3, 0.4) is 0 Å². The van der Waals surface area contributed by atoms with Crippen molar-refractivity contribution in [3.63, 3.8) is 0 Å². The topological polar surface area (TPSA) is 49.3 Å². The van der Waals surface area contributed by atoms with Crippen LogP contribution in [-0.4, -0.2) is 11.0 Å². The molecule has 4 heteroatoms. The molecule has 0 fully saturated rings. The van der Waals surface area contributed by atoms with Crippen LogP contribution in [0.4, 0.5) is 4.39 Å². The Balaban J connectivity index is 1.83. The number of aromatic hydroxyl groups is 1. The highest BCUT2D eigenvalue weighted by Gasteiger charge is 2.23. The second kappa shape index (κ2) is 5.56. The predicted molar refractivity (Wildman–Crippen MR) is 77.7 cm³/mol. The molecule has 0 heterocycles. The number of phenols is 1. The third kappa shape index (κ3) is 2.75. The van der Waals surface area contributed by atoms with Gasteiger partial charge in [-0.15, -0.1) is 0 Å². The average Bonchev–Trinajstić information content (AvgIpc) is 2.47. The molecular formula is C17H16FNO2. The normalized spacial score (nSPS) is 17.1. The van der Waals surface area contributed by atoms with Crippen molar-refractivity contribution in [2.24, 2.45) is 0 Å². The van der Waals surface area contributed by atoms with Gasteiger partial charge in [-0.3, -0.25) is 4.79 Å². The van der Waals surface area contributed by atoms with Crippen LogP contribution in [0, 0.1) is 5.82 Å². The van der Waals surface area contributed by atoms with Crippen molar-refractivity contribution in [2.75, 3.05) is 0 Å². The van der Waals surface area contributed by atoms with E-state index in [0.717, 1.165) is 30.9 Å². The summed E-state index contributed by atoms with van der Waals surface area (Å²) in [5.41, 5.74) is 2.30. The first-order valence-corrected chi connectivity index (χ1v) is 7.02. The van der Waals surface area contributed by atoms with Gasteiger partial charge in [-0.2, -0.15) is 0 Å². The van der Waals surface area contributed by atoms with E-state index in [0.29, 0.717) is 0 Å². The third-order valence-electron chi connectivity index (χ3n) is 3.87. The Labute approximate surface area is 122 Å². The van der Waals surface area contributed by atoms with E-state index in [9.17, 15) is 14.3 Å². The molecule has 0 spiro atoms. The van der Waals surface area contributed by atoms with Crippen molar-refractivity contribution in [2.45, 2.75) is 25.3 Å². The molecule has 1 amide bonds. The minimum atomic E-state index is -0.711. The van der Waals surface area contributed by atoms with Crippen LogP contribution in [0.15, 0.2) is 42.5 Å². The summed E-state index contributed by atoms with van der Waals surface area (Å²) in [5, 5.41) is 12.1. The molecule has 2 aromatic carbocycles. The molecule has 1 unspecified atom stereocenters. The number of rotatable bonds is 2. The molecule has 0 aliphatic heterocycles. The Morgan fingerprint density at radius 3 is 2.86 bits per heavy atom. The molecule has 2 aromatic rings. The van der Waals surface area contributed by atoms with Crippen LogP contribution in [0.5, 0.6) is 5.75 Å². The van der Waals surface area contributed by atoms with Gasteiger partial charge in [-0.05, 0) is 42.5 Å². The number of fused-ring (bicyclic) bond motifs is 1. The minimum absolute atomic E-state index is 0.0455. The predicted octanol–water partition coefficient (Wildman–Crippen LogP) is 3.34. The van der Waals surface area contributed by atoms with E-state index in [1.165, 1.54) is 17.7 Å². The van der Waals surface area contributed by atoms with Gasteiger partial charge in [0.25, 0.3) is 5.91 Å². The first-order chi connectivity index (χ1) is 10.1. The second-order valence-corrected chi connectivity index (χ2v) is 5.28. The van der Waals surface area contributed by atoms with Crippen molar-refractivity contribution in [1.29, 1.82) is 0 Å². The van der Waals surface area contributed by atoms with E-state index in [-0.39, 0.29) is 17.4 Å². The van der Waals surface area contributed by atoms with Crippen LogP contribution in [-0.2, 0) is 6.42 Å². The molecule has 0 aromatic heterocycles. The van der Waals surface area contributed by atoms with E-state index >= 15 is 0 Å². The highest BCUT2D eigenvalue weighted by atomic mass is 19.1. The fourth-order valence-electron chi connectivity index (χ4n) is 2.83. The lowest BCUT2D eigenvalue weighted by Crippen LogP contribution is -2.31. The van der Waals surface area contributed by atoms with Crippen molar-refractivity contribution in [3.8, 4) is 5.75 Å². The van der Waals surface area contributed by atoms with E-state index in [4.69, 9.17) is 0 Å². The first kappa shape index (κ1) is 13.6. The zero-order valence-corrected chi connectivity index (χ0v) is 11.5.